The lowest BCUT2D eigenvalue weighted by molar-refractivity contribution is -0.142. The zero-order valence-electron chi connectivity index (χ0n) is 10.3. The number of benzene rings is 1. The third-order valence-electron chi connectivity index (χ3n) is 2.34. The predicted molar refractivity (Wildman–Crippen MR) is 66.0 cm³/mol. The zero-order chi connectivity index (χ0) is 13.4. The topological polar surface area (TPSA) is 75.6 Å². The number of rotatable bonds is 7. The van der Waals surface area contributed by atoms with E-state index in [1.165, 1.54) is 6.92 Å². The molecule has 5 nitrogen and oxygen atoms in total. The first-order valence-corrected chi connectivity index (χ1v) is 5.71. The molecule has 0 aliphatic carbocycles. The maximum absolute atomic E-state index is 10.8. The smallest absolute Gasteiger partial charge is 0.326 e. The lowest BCUT2D eigenvalue weighted by Gasteiger charge is -2.13. The van der Waals surface area contributed by atoms with Crippen molar-refractivity contribution in [1.29, 1.82) is 0 Å². The van der Waals surface area contributed by atoms with Crippen LogP contribution in [0.15, 0.2) is 30.3 Å². The number of hydrogen-bond acceptors (Lipinski definition) is 3. The van der Waals surface area contributed by atoms with Crippen LogP contribution < -0.4 is 5.32 Å². The fourth-order valence-corrected chi connectivity index (χ4v) is 1.47. The van der Waals surface area contributed by atoms with Gasteiger partial charge in [-0.25, -0.2) is 4.79 Å². The van der Waals surface area contributed by atoms with Gasteiger partial charge in [-0.2, -0.15) is 0 Å². The van der Waals surface area contributed by atoms with Gasteiger partial charge in [-0.1, -0.05) is 30.3 Å². The molecule has 0 aliphatic rings. The number of hydrogen-bond donors (Lipinski definition) is 2. The molecule has 1 aromatic rings. The minimum absolute atomic E-state index is 0.252. The van der Waals surface area contributed by atoms with Crippen LogP contribution in [0.5, 0.6) is 0 Å². The quantitative estimate of drug-likeness (QED) is 0.713. The SMILES string of the molecule is CC(=O)N[C@@H](CCOCc1ccccc1)C(=O)O. The molecule has 0 bridgehead atoms. The summed E-state index contributed by atoms with van der Waals surface area (Å²) in [6.45, 7) is 2.01. The highest BCUT2D eigenvalue weighted by atomic mass is 16.5. The Morgan fingerprint density at radius 3 is 2.56 bits per heavy atom. The van der Waals surface area contributed by atoms with Gasteiger partial charge in [0, 0.05) is 20.0 Å². The van der Waals surface area contributed by atoms with Gasteiger partial charge in [0.2, 0.25) is 5.91 Å². The number of carboxylic acids is 1. The first-order chi connectivity index (χ1) is 8.59. The maximum atomic E-state index is 10.8. The summed E-state index contributed by atoms with van der Waals surface area (Å²) in [5.41, 5.74) is 1.03. The van der Waals surface area contributed by atoms with Crippen molar-refractivity contribution in [2.75, 3.05) is 6.61 Å². The van der Waals surface area contributed by atoms with Crippen LogP contribution in [0.2, 0.25) is 0 Å². The summed E-state index contributed by atoms with van der Waals surface area (Å²) >= 11 is 0. The molecule has 0 aromatic heterocycles. The van der Waals surface area contributed by atoms with Gasteiger partial charge in [0.15, 0.2) is 0 Å². The molecule has 18 heavy (non-hydrogen) atoms. The van der Waals surface area contributed by atoms with Crippen LogP contribution in [0.1, 0.15) is 18.9 Å². The van der Waals surface area contributed by atoms with E-state index >= 15 is 0 Å². The molecular formula is C13H17NO4. The molecule has 1 rings (SSSR count). The lowest BCUT2D eigenvalue weighted by Crippen LogP contribution is -2.40. The molecule has 0 radical (unpaired) electrons. The number of carbonyl (C=O) groups excluding carboxylic acids is 1. The Morgan fingerprint density at radius 1 is 1.33 bits per heavy atom. The fraction of sp³-hybridized carbons (Fsp3) is 0.385. The van der Waals surface area contributed by atoms with Crippen molar-refractivity contribution in [1.82, 2.24) is 5.32 Å². The third kappa shape index (κ3) is 5.45. The maximum Gasteiger partial charge on any atom is 0.326 e. The summed E-state index contributed by atoms with van der Waals surface area (Å²) in [5, 5.41) is 11.2. The van der Waals surface area contributed by atoms with E-state index in [1.807, 2.05) is 30.3 Å². The van der Waals surface area contributed by atoms with Gasteiger partial charge in [-0.15, -0.1) is 0 Å². The second kappa shape index (κ2) is 7.45. The summed E-state index contributed by atoms with van der Waals surface area (Å²) in [7, 11) is 0. The molecule has 0 saturated carbocycles. The van der Waals surface area contributed by atoms with Gasteiger partial charge >= 0.3 is 5.97 Å². The summed E-state index contributed by atoms with van der Waals surface area (Å²) in [6, 6.07) is 8.72. The molecule has 0 spiro atoms. The van der Waals surface area contributed by atoms with Gasteiger partial charge in [0.05, 0.1) is 6.61 Å². The van der Waals surface area contributed by atoms with Crippen LogP contribution in [0.3, 0.4) is 0 Å². The van der Waals surface area contributed by atoms with E-state index in [0.29, 0.717) is 6.61 Å². The van der Waals surface area contributed by atoms with Gasteiger partial charge < -0.3 is 15.2 Å². The number of aliphatic carboxylic acids is 1. The highest BCUT2D eigenvalue weighted by Gasteiger charge is 2.17. The van der Waals surface area contributed by atoms with Crippen molar-refractivity contribution in [3.05, 3.63) is 35.9 Å². The van der Waals surface area contributed by atoms with Crippen LogP contribution in [0.4, 0.5) is 0 Å². The standard InChI is InChI=1S/C13H17NO4/c1-10(15)14-12(13(16)17)7-8-18-9-11-5-3-2-4-6-11/h2-6,12H,7-9H2,1H3,(H,14,15)(H,16,17)/t12-/m0/s1. The molecule has 1 atom stereocenters. The molecule has 0 aliphatic heterocycles. The number of carboxylic acid groups (broad SMARTS) is 1. The predicted octanol–water partition coefficient (Wildman–Crippen LogP) is 1.18. The van der Waals surface area contributed by atoms with Crippen molar-refractivity contribution in [2.24, 2.45) is 0 Å². The Bertz CT molecular complexity index is 391. The molecule has 0 unspecified atom stereocenters. The molecule has 98 valence electrons. The van der Waals surface area contributed by atoms with E-state index in [1.54, 1.807) is 0 Å². The van der Waals surface area contributed by atoms with Gasteiger partial charge in [0.1, 0.15) is 6.04 Å². The zero-order valence-corrected chi connectivity index (χ0v) is 10.3. The molecule has 5 heteroatoms. The minimum atomic E-state index is -1.05. The summed E-state index contributed by atoms with van der Waals surface area (Å²) in [6.07, 6.45) is 0.252. The van der Waals surface area contributed by atoms with Gasteiger partial charge in [0.25, 0.3) is 0 Å². The second-order valence-corrected chi connectivity index (χ2v) is 3.92. The molecular weight excluding hydrogens is 234 g/mol. The third-order valence-corrected chi connectivity index (χ3v) is 2.34. The van der Waals surface area contributed by atoms with Crippen molar-refractivity contribution in [3.63, 3.8) is 0 Å². The summed E-state index contributed by atoms with van der Waals surface area (Å²) < 4.78 is 5.37. The molecule has 0 fully saturated rings. The number of nitrogens with one attached hydrogen (secondary N) is 1. The monoisotopic (exact) mass is 251 g/mol. The second-order valence-electron chi connectivity index (χ2n) is 3.92. The normalized spacial score (nSPS) is 11.8. The van der Waals surface area contributed by atoms with Crippen molar-refractivity contribution in [2.45, 2.75) is 26.0 Å². The molecule has 0 saturated heterocycles. The first-order valence-electron chi connectivity index (χ1n) is 5.71. The molecule has 2 N–H and O–H groups in total. The first kappa shape index (κ1) is 14.2. The van der Waals surface area contributed by atoms with E-state index in [0.717, 1.165) is 5.56 Å². The Morgan fingerprint density at radius 2 is 2.00 bits per heavy atom. The Labute approximate surface area is 106 Å². The minimum Gasteiger partial charge on any atom is -0.480 e. The fourth-order valence-electron chi connectivity index (χ4n) is 1.47. The average molecular weight is 251 g/mol. The van der Waals surface area contributed by atoms with Crippen LogP contribution in [0.25, 0.3) is 0 Å². The Hall–Kier alpha value is -1.88. The van der Waals surface area contributed by atoms with Gasteiger partial charge in [-0.3, -0.25) is 4.79 Å². The number of ether oxygens (including phenoxy) is 1. The van der Waals surface area contributed by atoms with Crippen LogP contribution in [0, 0.1) is 0 Å². The average Bonchev–Trinajstić information content (AvgIpc) is 2.33. The highest BCUT2D eigenvalue weighted by Crippen LogP contribution is 2.02. The van der Waals surface area contributed by atoms with Crippen LogP contribution in [-0.4, -0.2) is 29.6 Å². The van der Waals surface area contributed by atoms with Crippen LogP contribution >= 0.6 is 0 Å². The van der Waals surface area contributed by atoms with E-state index in [2.05, 4.69) is 5.32 Å². The molecule has 1 aromatic carbocycles. The molecule has 1 amide bonds. The van der Waals surface area contributed by atoms with E-state index < -0.39 is 12.0 Å². The van der Waals surface area contributed by atoms with Crippen molar-refractivity contribution < 1.29 is 19.4 Å². The lowest BCUT2D eigenvalue weighted by atomic mass is 10.2. The Balaban J connectivity index is 2.27. The number of amides is 1. The van der Waals surface area contributed by atoms with Crippen molar-refractivity contribution in [3.8, 4) is 0 Å². The summed E-state index contributed by atoms with van der Waals surface area (Å²) in [4.78, 5) is 21.6. The van der Waals surface area contributed by atoms with E-state index in [-0.39, 0.29) is 18.9 Å². The van der Waals surface area contributed by atoms with E-state index in [4.69, 9.17) is 9.84 Å². The van der Waals surface area contributed by atoms with Crippen LogP contribution in [-0.2, 0) is 20.9 Å². The summed E-state index contributed by atoms with van der Waals surface area (Å²) in [5.74, 6) is -1.40. The highest BCUT2D eigenvalue weighted by molar-refractivity contribution is 5.81. The Kier molecular flexibility index (Phi) is 5.87. The van der Waals surface area contributed by atoms with E-state index in [9.17, 15) is 9.59 Å². The van der Waals surface area contributed by atoms with Crippen molar-refractivity contribution >= 4 is 11.9 Å². The number of carbonyl (C=O) groups is 2. The largest absolute Gasteiger partial charge is 0.480 e. The molecule has 0 heterocycles. The van der Waals surface area contributed by atoms with Gasteiger partial charge in [-0.05, 0) is 5.56 Å².